The molecule has 0 spiro atoms. The molecule has 0 saturated carbocycles. The van der Waals surface area contributed by atoms with Gasteiger partial charge in [-0.15, -0.1) is 0 Å². The van der Waals surface area contributed by atoms with Crippen molar-refractivity contribution in [1.29, 1.82) is 0 Å². The first-order chi connectivity index (χ1) is 5.54. The third-order valence-corrected chi connectivity index (χ3v) is 1.02. The SMILES string of the molecule is CCC(=O)[O-].CCCCC(=O)[O-].[Na+].[Na+]. The molecule has 0 aliphatic rings. The van der Waals surface area contributed by atoms with Crippen molar-refractivity contribution in [3.8, 4) is 0 Å². The molecule has 0 aromatic heterocycles. The number of rotatable bonds is 4. The first-order valence-corrected chi connectivity index (χ1v) is 3.94. The summed E-state index contributed by atoms with van der Waals surface area (Å²) in [5.41, 5.74) is 0. The molecule has 0 bridgehead atoms. The number of hydrogen-bond acceptors (Lipinski definition) is 4. The molecule has 0 atom stereocenters. The van der Waals surface area contributed by atoms with Gasteiger partial charge in [0.15, 0.2) is 0 Å². The van der Waals surface area contributed by atoms with Gasteiger partial charge in [0.1, 0.15) is 0 Å². The fourth-order valence-corrected chi connectivity index (χ4v) is 0.321. The molecule has 0 fully saturated rings. The largest absolute Gasteiger partial charge is 1.00 e. The Kier molecular flexibility index (Phi) is 33.8. The Balaban J connectivity index is -0.0000000651. The van der Waals surface area contributed by atoms with Crippen LogP contribution in [0.4, 0.5) is 0 Å². The molecular weight excluding hydrogens is 206 g/mol. The number of hydrogen-bond donors (Lipinski definition) is 0. The summed E-state index contributed by atoms with van der Waals surface area (Å²) in [6.07, 6.45) is 1.98. The van der Waals surface area contributed by atoms with Crippen LogP contribution in [0.15, 0.2) is 0 Å². The Morgan fingerprint density at radius 2 is 1.36 bits per heavy atom. The van der Waals surface area contributed by atoms with Crippen LogP contribution >= 0.6 is 0 Å². The average molecular weight is 220 g/mol. The molecule has 0 radical (unpaired) electrons. The molecule has 72 valence electrons. The van der Waals surface area contributed by atoms with Crippen molar-refractivity contribution in [2.75, 3.05) is 0 Å². The van der Waals surface area contributed by atoms with Crippen LogP contribution in [0.3, 0.4) is 0 Å². The average Bonchev–Trinajstić information content (AvgIpc) is 2.02. The molecule has 0 aliphatic heterocycles. The van der Waals surface area contributed by atoms with Gasteiger partial charge in [-0.1, -0.05) is 20.3 Å². The minimum absolute atomic E-state index is 0. The zero-order valence-electron chi connectivity index (χ0n) is 9.46. The fraction of sp³-hybridized carbons (Fsp3) is 0.750. The van der Waals surface area contributed by atoms with Gasteiger partial charge in [0.25, 0.3) is 0 Å². The van der Waals surface area contributed by atoms with Crippen molar-refractivity contribution in [2.24, 2.45) is 0 Å². The van der Waals surface area contributed by atoms with Gasteiger partial charge in [-0.2, -0.15) is 0 Å². The maximum atomic E-state index is 9.65. The second-order valence-electron chi connectivity index (χ2n) is 2.20. The summed E-state index contributed by atoms with van der Waals surface area (Å²) in [5.74, 6) is -1.94. The molecule has 0 aliphatic carbocycles. The Bertz CT molecular complexity index is 139. The van der Waals surface area contributed by atoms with E-state index in [2.05, 4.69) is 0 Å². The van der Waals surface area contributed by atoms with Crippen LogP contribution in [0.25, 0.3) is 0 Å². The van der Waals surface area contributed by atoms with E-state index in [4.69, 9.17) is 0 Å². The Morgan fingerprint density at radius 1 is 1.00 bits per heavy atom. The predicted molar refractivity (Wildman–Crippen MR) is 39.8 cm³/mol. The van der Waals surface area contributed by atoms with Crippen molar-refractivity contribution in [1.82, 2.24) is 0 Å². The summed E-state index contributed by atoms with van der Waals surface area (Å²) in [7, 11) is 0. The summed E-state index contributed by atoms with van der Waals surface area (Å²) in [6, 6.07) is 0. The smallest absolute Gasteiger partial charge is 0.550 e. The molecule has 6 heteroatoms. The Morgan fingerprint density at radius 3 is 1.43 bits per heavy atom. The van der Waals surface area contributed by atoms with Gasteiger partial charge in [0.2, 0.25) is 0 Å². The number of carbonyl (C=O) groups is 2. The number of unbranched alkanes of at least 4 members (excludes halogenated alkanes) is 1. The summed E-state index contributed by atoms with van der Waals surface area (Å²) >= 11 is 0. The van der Waals surface area contributed by atoms with Crippen LogP contribution in [0, 0.1) is 0 Å². The quantitative estimate of drug-likeness (QED) is 0.441. The monoisotopic (exact) mass is 220 g/mol. The summed E-state index contributed by atoms with van der Waals surface area (Å²) in [5, 5.41) is 18.9. The fourth-order valence-electron chi connectivity index (χ4n) is 0.321. The zero-order valence-corrected chi connectivity index (χ0v) is 13.5. The molecule has 0 amide bonds. The molecule has 0 N–H and O–H groups in total. The van der Waals surface area contributed by atoms with Gasteiger partial charge in [0, 0.05) is 11.9 Å². The van der Waals surface area contributed by atoms with Gasteiger partial charge in [-0.3, -0.25) is 0 Å². The van der Waals surface area contributed by atoms with E-state index >= 15 is 0 Å². The number of carbonyl (C=O) groups excluding carboxylic acids is 2. The van der Waals surface area contributed by atoms with Gasteiger partial charge in [-0.25, -0.2) is 0 Å². The predicted octanol–water partition coefficient (Wildman–Crippen LogP) is -6.92. The summed E-state index contributed by atoms with van der Waals surface area (Å²) in [4.78, 5) is 18.9. The molecular formula is C8H14Na2O4. The molecule has 0 unspecified atom stereocenters. The van der Waals surface area contributed by atoms with E-state index in [0.717, 1.165) is 12.8 Å². The normalized spacial score (nSPS) is 7.00. The van der Waals surface area contributed by atoms with Crippen LogP contribution < -0.4 is 69.3 Å². The molecule has 0 saturated heterocycles. The minimum atomic E-state index is -0.995. The van der Waals surface area contributed by atoms with E-state index in [9.17, 15) is 19.8 Å². The summed E-state index contributed by atoms with van der Waals surface area (Å²) < 4.78 is 0. The van der Waals surface area contributed by atoms with Crippen molar-refractivity contribution in [3.05, 3.63) is 0 Å². The van der Waals surface area contributed by atoms with Crippen molar-refractivity contribution in [3.63, 3.8) is 0 Å². The van der Waals surface area contributed by atoms with Gasteiger partial charge >= 0.3 is 59.1 Å². The molecule has 0 heterocycles. The van der Waals surface area contributed by atoms with Crippen molar-refractivity contribution in [2.45, 2.75) is 39.5 Å². The molecule has 4 nitrogen and oxygen atoms in total. The first kappa shape index (κ1) is 24.3. The number of carboxylic acids is 2. The van der Waals surface area contributed by atoms with Crippen molar-refractivity contribution < 1.29 is 78.9 Å². The van der Waals surface area contributed by atoms with E-state index in [1.165, 1.54) is 6.92 Å². The molecule has 0 aromatic rings. The third-order valence-electron chi connectivity index (χ3n) is 1.02. The second kappa shape index (κ2) is 19.5. The molecule has 0 rings (SSSR count). The van der Waals surface area contributed by atoms with Gasteiger partial charge < -0.3 is 19.8 Å². The zero-order chi connectivity index (χ0) is 9.98. The van der Waals surface area contributed by atoms with Crippen LogP contribution in [-0.4, -0.2) is 11.9 Å². The van der Waals surface area contributed by atoms with Crippen LogP contribution in [0.2, 0.25) is 0 Å². The van der Waals surface area contributed by atoms with Crippen molar-refractivity contribution >= 4 is 11.9 Å². The van der Waals surface area contributed by atoms with E-state index < -0.39 is 11.9 Å². The molecule has 14 heavy (non-hydrogen) atoms. The maximum Gasteiger partial charge on any atom is 1.00 e. The Hall–Kier alpha value is 0.940. The standard InChI is InChI=1S/C5H10O2.C3H6O2.2Na/c1-2-3-4-5(6)7;1-2-3(4)5;;/h2-4H2,1H3,(H,6,7);2H2,1H3,(H,4,5);;/q;;2*+1/p-2. The van der Waals surface area contributed by atoms with E-state index in [0.29, 0.717) is 0 Å². The number of aliphatic carboxylic acids is 2. The third kappa shape index (κ3) is 38.3. The van der Waals surface area contributed by atoms with Crippen LogP contribution in [0.1, 0.15) is 39.5 Å². The first-order valence-electron chi connectivity index (χ1n) is 3.94. The van der Waals surface area contributed by atoms with E-state index in [-0.39, 0.29) is 72.0 Å². The minimum Gasteiger partial charge on any atom is -0.550 e. The van der Waals surface area contributed by atoms with Gasteiger partial charge in [0.05, 0.1) is 0 Å². The number of carboxylic acid groups (broad SMARTS) is 2. The van der Waals surface area contributed by atoms with Crippen LogP contribution in [-0.2, 0) is 9.59 Å². The Labute approximate surface area is 129 Å². The van der Waals surface area contributed by atoms with Gasteiger partial charge in [-0.05, 0) is 19.3 Å². The molecule has 0 aromatic carbocycles. The topological polar surface area (TPSA) is 80.3 Å². The van der Waals surface area contributed by atoms with Crippen LogP contribution in [0.5, 0.6) is 0 Å². The second-order valence-corrected chi connectivity index (χ2v) is 2.20. The summed E-state index contributed by atoms with van der Waals surface area (Å²) in [6.45, 7) is 3.48. The van der Waals surface area contributed by atoms with E-state index in [1.807, 2.05) is 6.92 Å². The maximum absolute atomic E-state index is 9.65. The van der Waals surface area contributed by atoms with E-state index in [1.54, 1.807) is 0 Å².